The van der Waals surface area contributed by atoms with Gasteiger partial charge in [-0.05, 0) is 68.3 Å². The first-order valence-corrected chi connectivity index (χ1v) is 10.2. The maximum atomic E-state index is 13.5. The van der Waals surface area contributed by atoms with Crippen molar-refractivity contribution >= 4 is 17.5 Å². The standard InChI is InChI=1S/C25H28FN3O2/c1-25(2,3)31-24(30)15-21(18-9-11-19(26)12-10-18)22-5-4-6-23(29-22)28-20-13-7-17(16-27)8-14-20/h4-14,21H,15-16,27H2,1-3H3,(H,28,29). The Labute approximate surface area is 182 Å². The van der Waals surface area contributed by atoms with E-state index in [0.717, 1.165) is 16.8 Å². The third-order valence-corrected chi connectivity index (χ3v) is 4.65. The molecular weight excluding hydrogens is 393 g/mol. The van der Waals surface area contributed by atoms with Crippen LogP contribution >= 0.6 is 0 Å². The second-order valence-corrected chi connectivity index (χ2v) is 8.37. The molecule has 1 atom stereocenters. The number of benzene rings is 2. The van der Waals surface area contributed by atoms with E-state index >= 15 is 0 Å². The van der Waals surface area contributed by atoms with Crippen molar-refractivity contribution in [3.05, 3.63) is 89.4 Å². The topological polar surface area (TPSA) is 77.2 Å². The molecule has 31 heavy (non-hydrogen) atoms. The van der Waals surface area contributed by atoms with Crippen molar-refractivity contribution < 1.29 is 13.9 Å². The number of halogens is 1. The van der Waals surface area contributed by atoms with Gasteiger partial charge in [0.1, 0.15) is 17.2 Å². The SMILES string of the molecule is CC(C)(C)OC(=O)CC(c1ccc(F)cc1)c1cccc(Nc2ccc(CN)cc2)n1. The number of carbonyl (C=O) groups excluding carboxylic acids is 1. The van der Waals surface area contributed by atoms with Gasteiger partial charge in [-0.15, -0.1) is 0 Å². The van der Waals surface area contributed by atoms with Gasteiger partial charge in [0.2, 0.25) is 0 Å². The average molecular weight is 422 g/mol. The maximum absolute atomic E-state index is 13.5. The summed E-state index contributed by atoms with van der Waals surface area (Å²) in [5.41, 5.74) is 8.48. The van der Waals surface area contributed by atoms with Crippen LogP contribution < -0.4 is 11.1 Å². The van der Waals surface area contributed by atoms with Crippen LogP contribution in [0.3, 0.4) is 0 Å². The normalized spacial score (nSPS) is 12.3. The molecule has 3 rings (SSSR count). The maximum Gasteiger partial charge on any atom is 0.307 e. The number of pyridine rings is 1. The summed E-state index contributed by atoms with van der Waals surface area (Å²) in [6.45, 7) is 5.97. The fraction of sp³-hybridized carbons (Fsp3) is 0.280. The summed E-state index contributed by atoms with van der Waals surface area (Å²) < 4.78 is 19.0. The Hall–Kier alpha value is -3.25. The van der Waals surface area contributed by atoms with Crippen LogP contribution in [0.1, 0.15) is 49.9 Å². The van der Waals surface area contributed by atoms with Crippen molar-refractivity contribution in [3.8, 4) is 0 Å². The molecule has 0 saturated carbocycles. The summed E-state index contributed by atoms with van der Waals surface area (Å²) in [4.78, 5) is 17.3. The molecule has 0 spiro atoms. The number of ether oxygens (including phenoxy) is 1. The number of nitrogens with zero attached hydrogens (tertiary/aromatic N) is 1. The lowest BCUT2D eigenvalue weighted by Gasteiger charge is -2.23. The molecule has 3 N–H and O–H groups in total. The molecule has 1 unspecified atom stereocenters. The van der Waals surface area contributed by atoms with Gasteiger partial charge in [0.25, 0.3) is 0 Å². The summed E-state index contributed by atoms with van der Waals surface area (Å²) in [5.74, 6) is -0.380. The number of esters is 1. The highest BCUT2D eigenvalue weighted by atomic mass is 19.1. The van der Waals surface area contributed by atoms with Gasteiger partial charge in [0.15, 0.2) is 0 Å². The van der Waals surface area contributed by atoms with E-state index in [2.05, 4.69) is 5.32 Å². The molecule has 0 fully saturated rings. The summed E-state index contributed by atoms with van der Waals surface area (Å²) in [7, 11) is 0. The smallest absolute Gasteiger partial charge is 0.307 e. The largest absolute Gasteiger partial charge is 0.460 e. The summed E-state index contributed by atoms with van der Waals surface area (Å²) in [5, 5.41) is 3.27. The summed E-state index contributed by atoms with van der Waals surface area (Å²) in [6, 6.07) is 19.5. The molecule has 0 aliphatic carbocycles. The molecule has 5 nitrogen and oxygen atoms in total. The number of carbonyl (C=O) groups is 1. The van der Waals surface area contributed by atoms with Crippen LogP contribution in [-0.2, 0) is 16.1 Å². The Kier molecular flexibility index (Phi) is 7.02. The van der Waals surface area contributed by atoms with Crippen LogP contribution in [0.5, 0.6) is 0 Å². The van der Waals surface area contributed by atoms with Crippen molar-refractivity contribution in [2.45, 2.75) is 45.3 Å². The molecule has 3 aromatic rings. The van der Waals surface area contributed by atoms with Gasteiger partial charge in [-0.25, -0.2) is 9.37 Å². The van der Waals surface area contributed by atoms with E-state index in [1.807, 2.05) is 63.2 Å². The zero-order chi connectivity index (χ0) is 22.4. The molecule has 162 valence electrons. The zero-order valence-electron chi connectivity index (χ0n) is 18.1. The number of nitrogens with two attached hydrogens (primary N) is 1. The van der Waals surface area contributed by atoms with Crippen LogP contribution in [-0.4, -0.2) is 16.6 Å². The Morgan fingerprint density at radius 2 is 1.74 bits per heavy atom. The third-order valence-electron chi connectivity index (χ3n) is 4.65. The molecule has 0 radical (unpaired) electrons. The lowest BCUT2D eigenvalue weighted by Crippen LogP contribution is -2.25. The van der Waals surface area contributed by atoms with Gasteiger partial charge in [0, 0.05) is 18.2 Å². The number of hydrogen-bond acceptors (Lipinski definition) is 5. The van der Waals surface area contributed by atoms with Gasteiger partial charge in [-0.3, -0.25) is 4.79 Å². The van der Waals surface area contributed by atoms with Gasteiger partial charge in [-0.1, -0.05) is 30.3 Å². The van der Waals surface area contributed by atoms with Crippen molar-refractivity contribution in [1.82, 2.24) is 4.98 Å². The van der Waals surface area contributed by atoms with Gasteiger partial charge in [-0.2, -0.15) is 0 Å². The van der Waals surface area contributed by atoms with E-state index in [-0.39, 0.29) is 24.1 Å². The van der Waals surface area contributed by atoms with Crippen LogP contribution in [0.4, 0.5) is 15.9 Å². The second-order valence-electron chi connectivity index (χ2n) is 8.37. The molecule has 6 heteroatoms. The second kappa shape index (κ2) is 9.71. The lowest BCUT2D eigenvalue weighted by molar-refractivity contribution is -0.155. The van der Waals surface area contributed by atoms with Gasteiger partial charge in [0.05, 0.1) is 12.1 Å². The minimum atomic E-state index is -0.586. The predicted molar refractivity (Wildman–Crippen MR) is 121 cm³/mol. The van der Waals surface area contributed by atoms with Crippen molar-refractivity contribution in [2.24, 2.45) is 5.73 Å². The fourth-order valence-corrected chi connectivity index (χ4v) is 3.23. The number of aromatic nitrogens is 1. The van der Waals surface area contributed by atoms with Crippen LogP contribution in [0, 0.1) is 5.82 Å². The van der Waals surface area contributed by atoms with Crippen molar-refractivity contribution in [2.75, 3.05) is 5.32 Å². The highest BCUT2D eigenvalue weighted by Gasteiger charge is 2.24. The first-order valence-electron chi connectivity index (χ1n) is 10.2. The third kappa shape index (κ3) is 6.62. The van der Waals surface area contributed by atoms with E-state index in [1.54, 1.807) is 12.1 Å². The van der Waals surface area contributed by atoms with Gasteiger partial charge >= 0.3 is 5.97 Å². The van der Waals surface area contributed by atoms with Crippen LogP contribution in [0.15, 0.2) is 66.7 Å². The Bertz CT molecular complexity index is 1010. The number of hydrogen-bond donors (Lipinski definition) is 2. The Balaban J connectivity index is 1.88. The van der Waals surface area contributed by atoms with Crippen LogP contribution in [0.25, 0.3) is 0 Å². The van der Waals surface area contributed by atoms with Gasteiger partial charge < -0.3 is 15.8 Å². The van der Waals surface area contributed by atoms with E-state index < -0.39 is 5.60 Å². The van der Waals surface area contributed by atoms with E-state index in [9.17, 15) is 9.18 Å². The molecule has 1 aromatic heterocycles. The molecule has 0 amide bonds. The Morgan fingerprint density at radius 1 is 1.06 bits per heavy atom. The highest BCUT2D eigenvalue weighted by Crippen LogP contribution is 2.29. The Morgan fingerprint density at radius 3 is 2.35 bits per heavy atom. The first-order chi connectivity index (χ1) is 14.7. The highest BCUT2D eigenvalue weighted by molar-refractivity contribution is 5.72. The minimum absolute atomic E-state index is 0.102. The average Bonchev–Trinajstić information content (AvgIpc) is 2.72. The molecule has 0 aliphatic heterocycles. The van der Waals surface area contributed by atoms with Crippen molar-refractivity contribution in [3.63, 3.8) is 0 Å². The summed E-state index contributed by atoms with van der Waals surface area (Å²) in [6.07, 6.45) is 0.102. The van der Waals surface area contributed by atoms with Crippen LogP contribution in [0.2, 0.25) is 0 Å². The minimum Gasteiger partial charge on any atom is -0.460 e. The van der Waals surface area contributed by atoms with Crippen molar-refractivity contribution in [1.29, 1.82) is 0 Å². The summed E-state index contributed by atoms with van der Waals surface area (Å²) >= 11 is 0. The molecule has 2 aromatic carbocycles. The quantitative estimate of drug-likeness (QED) is 0.507. The number of anilines is 2. The number of rotatable bonds is 7. The fourth-order valence-electron chi connectivity index (χ4n) is 3.23. The number of nitrogens with one attached hydrogen (secondary N) is 1. The van der Waals surface area contributed by atoms with E-state index in [1.165, 1.54) is 12.1 Å². The first kappa shape index (κ1) is 22.4. The molecule has 1 heterocycles. The molecule has 0 saturated heterocycles. The molecule has 0 aliphatic rings. The zero-order valence-corrected chi connectivity index (χ0v) is 18.1. The van der Waals surface area contributed by atoms with E-state index in [0.29, 0.717) is 18.1 Å². The monoisotopic (exact) mass is 421 g/mol. The molecular formula is C25H28FN3O2. The molecule has 0 bridgehead atoms. The van der Waals surface area contributed by atoms with E-state index in [4.69, 9.17) is 15.5 Å². The lowest BCUT2D eigenvalue weighted by atomic mass is 9.92. The predicted octanol–water partition coefficient (Wildman–Crippen LogP) is 5.29.